The first kappa shape index (κ1) is 34.4. The van der Waals surface area contributed by atoms with Gasteiger partial charge in [0.15, 0.2) is 5.58 Å². The summed E-state index contributed by atoms with van der Waals surface area (Å²) in [6, 6.07) is 79.1. The largest absolute Gasteiger partial charge is 0.454 e. The van der Waals surface area contributed by atoms with Gasteiger partial charge in [-0.15, -0.1) is 0 Å². The number of rotatable bonds is 3. The Morgan fingerprint density at radius 3 is 1.73 bits per heavy atom. The lowest BCUT2D eigenvalue weighted by molar-refractivity contribution is 0.671. The van der Waals surface area contributed by atoms with Gasteiger partial charge in [0.05, 0.1) is 16.4 Å². The zero-order valence-corrected chi connectivity index (χ0v) is 34.8. The van der Waals surface area contributed by atoms with Gasteiger partial charge in [0.1, 0.15) is 5.58 Å². The van der Waals surface area contributed by atoms with Crippen LogP contribution in [0.15, 0.2) is 217 Å². The number of para-hydroxylation sites is 2. The van der Waals surface area contributed by atoms with E-state index >= 15 is 0 Å². The Morgan fingerprint density at radius 2 is 0.969 bits per heavy atom. The second-order valence-corrected chi connectivity index (χ2v) is 17.8. The van der Waals surface area contributed by atoms with Crippen molar-refractivity contribution in [2.24, 2.45) is 0 Å². The predicted octanol–water partition coefficient (Wildman–Crippen LogP) is 15.9. The number of furan rings is 1. The maximum Gasteiger partial charge on any atom is 0.160 e. The van der Waals surface area contributed by atoms with Gasteiger partial charge in [-0.1, -0.05) is 176 Å². The Labute approximate surface area is 369 Å². The topological polar surface area (TPSA) is 18.1 Å². The van der Waals surface area contributed by atoms with Gasteiger partial charge in [0.2, 0.25) is 0 Å². The summed E-state index contributed by atoms with van der Waals surface area (Å²) < 4.78 is 9.39. The van der Waals surface area contributed by atoms with Gasteiger partial charge in [0, 0.05) is 27.2 Å². The summed E-state index contributed by atoms with van der Waals surface area (Å²) in [6.07, 6.45) is 0.957. The Bertz CT molecular complexity index is 3940. The lowest BCUT2D eigenvalue weighted by Crippen LogP contribution is -2.25. The summed E-state index contributed by atoms with van der Waals surface area (Å²) >= 11 is 0. The average Bonchev–Trinajstić information content (AvgIpc) is 4.16. The Balaban J connectivity index is 0.976. The van der Waals surface area contributed by atoms with Crippen molar-refractivity contribution in [2.45, 2.75) is 11.8 Å². The molecule has 64 heavy (non-hydrogen) atoms. The van der Waals surface area contributed by atoms with E-state index in [9.17, 15) is 0 Å². The van der Waals surface area contributed by atoms with Crippen molar-refractivity contribution >= 4 is 43.7 Å². The monoisotopic (exact) mass is 811 g/mol. The molecule has 10 aromatic carbocycles. The second-order valence-electron chi connectivity index (χ2n) is 17.8. The van der Waals surface area contributed by atoms with Gasteiger partial charge in [-0.05, 0) is 132 Å². The van der Waals surface area contributed by atoms with E-state index in [4.69, 9.17) is 4.42 Å². The summed E-state index contributed by atoms with van der Waals surface area (Å²) in [4.78, 5) is 0. The standard InChI is InChI=1S/C62H37NO/c1-2-15-42-38(14-1)34-50-41(21-13-22-43(42)50)37-28-31-40(32-29-37)63-57-26-11-6-20-48(57)59-49(36-52-47-19-7-12-27-58(47)64-61(52)60(59)63)39-30-33-56-51(35-39)46-18-5-10-25-55(46)62(56)53-23-8-3-16-44(53)45-17-4-9-24-54(45)62/h1-33,35-36H,34H2. The quantitative estimate of drug-likeness (QED) is 0.174. The molecular formula is C62H37NO. The number of aromatic nitrogens is 1. The highest BCUT2D eigenvalue weighted by atomic mass is 16.3. The predicted molar refractivity (Wildman–Crippen MR) is 263 cm³/mol. The molecule has 2 heterocycles. The molecule has 2 aromatic heterocycles. The van der Waals surface area contributed by atoms with Crippen molar-refractivity contribution < 1.29 is 4.42 Å². The van der Waals surface area contributed by atoms with E-state index in [1.165, 1.54) is 99.8 Å². The first-order valence-electron chi connectivity index (χ1n) is 22.4. The third-order valence-electron chi connectivity index (χ3n) is 14.9. The Hall–Kier alpha value is -8.20. The molecule has 0 amide bonds. The van der Waals surface area contributed by atoms with Crippen LogP contribution in [0.25, 0.3) is 105 Å². The number of benzene rings is 10. The van der Waals surface area contributed by atoms with Gasteiger partial charge in [-0.3, -0.25) is 0 Å². The molecule has 0 N–H and O–H groups in total. The van der Waals surface area contributed by atoms with Crippen molar-refractivity contribution in [3.8, 4) is 61.3 Å². The van der Waals surface area contributed by atoms with Gasteiger partial charge in [0.25, 0.3) is 0 Å². The van der Waals surface area contributed by atoms with Crippen LogP contribution in [0.5, 0.6) is 0 Å². The molecule has 3 aliphatic rings. The molecule has 1 spiro atoms. The SMILES string of the molecule is c1ccc2c(c1)Cc1c(-c3ccc(-n4c5ccccc5c5c(-c6ccc7c(c6)-c6ccccc6C76c7ccccc7-c7ccccc76)cc6c7ccccc7oc6c54)cc3)cccc1-2. The molecule has 296 valence electrons. The number of fused-ring (bicyclic) bond motifs is 20. The van der Waals surface area contributed by atoms with Crippen molar-refractivity contribution in [3.05, 3.63) is 246 Å². The van der Waals surface area contributed by atoms with Crippen LogP contribution >= 0.6 is 0 Å². The van der Waals surface area contributed by atoms with Crippen LogP contribution < -0.4 is 0 Å². The van der Waals surface area contributed by atoms with Crippen LogP contribution in [-0.4, -0.2) is 4.57 Å². The molecule has 15 rings (SSSR count). The highest BCUT2D eigenvalue weighted by Gasteiger charge is 2.51. The molecular weight excluding hydrogens is 775 g/mol. The molecule has 0 bridgehead atoms. The third-order valence-corrected chi connectivity index (χ3v) is 14.9. The average molecular weight is 812 g/mol. The normalized spacial score (nSPS) is 13.7. The fourth-order valence-corrected chi connectivity index (χ4v) is 12.3. The molecule has 0 saturated carbocycles. The molecule has 0 aliphatic heterocycles. The fraction of sp³-hybridized carbons (Fsp3) is 0.0323. The first-order valence-corrected chi connectivity index (χ1v) is 22.4. The molecule has 0 fully saturated rings. The molecule has 3 aliphatic carbocycles. The zero-order valence-electron chi connectivity index (χ0n) is 34.8. The summed E-state index contributed by atoms with van der Waals surface area (Å²) in [5, 5.41) is 4.64. The minimum Gasteiger partial charge on any atom is -0.454 e. The van der Waals surface area contributed by atoms with Gasteiger partial charge < -0.3 is 8.98 Å². The summed E-state index contributed by atoms with van der Waals surface area (Å²) in [5.41, 5.74) is 25.9. The molecule has 0 radical (unpaired) electrons. The number of hydrogen-bond acceptors (Lipinski definition) is 1. The Morgan fingerprint density at radius 1 is 0.391 bits per heavy atom. The van der Waals surface area contributed by atoms with Crippen LogP contribution in [0.3, 0.4) is 0 Å². The third kappa shape index (κ3) is 4.30. The molecule has 0 atom stereocenters. The van der Waals surface area contributed by atoms with E-state index in [1.54, 1.807) is 0 Å². The lowest BCUT2D eigenvalue weighted by Gasteiger charge is -2.30. The van der Waals surface area contributed by atoms with Crippen LogP contribution in [0.4, 0.5) is 0 Å². The molecule has 12 aromatic rings. The van der Waals surface area contributed by atoms with Crippen molar-refractivity contribution in [1.29, 1.82) is 0 Å². The summed E-state index contributed by atoms with van der Waals surface area (Å²) in [7, 11) is 0. The maximum atomic E-state index is 6.95. The highest BCUT2D eigenvalue weighted by Crippen LogP contribution is 2.63. The minimum atomic E-state index is -0.385. The van der Waals surface area contributed by atoms with Crippen LogP contribution in [0.1, 0.15) is 33.4 Å². The maximum absolute atomic E-state index is 6.95. The molecule has 0 saturated heterocycles. The molecule has 0 unspecified atom stereocenters. The van der Waals surface area contributed by atoms with Gasteiger partial charge in [-0.2, -0.15) is 0 Å². The smallest absolute Gasteiger partial charge is 0.160 e. The van der Waals surface area contributed by atoms with E-state index in [-0.39, 0.29) is 5.41 Å². The Kier molecular flexibility index (Phi) is 6.70. The summed E-state index contributed by atoms with van der Waals surface area (Å²) in [6.45, 7) is 0. The molecule has 2 heteroatoms. The minimum absolute atomic E-state index is 0.385. The summed E-state index contributed by atoms with van der Waals surface area (Å²) in [5.74, 6) is 0. The van der Waals surface area contributed by atoms with E-state index in [0.29, 0.717) is 0 Å². The number of hydrogen-bond donors (Lipinski definition) is 0. The first-order chi connectivity index (χ1) is 31.8. The van der Waals surface area contributed by atoms with Gasteiger partial charge >= 0.3 is 0 Å². The second kappa shape index (κ2) is 12.5. The van der Waals surface area contributed by atoms with Gasteiger partial charge in [-0.25, -0.2) is 0 Å². The molecule has 2 nitrogen and oxygen atoms in total. The van der Waals surface area contributed by atoms with Crippen molar-refractivity contribution in [3.63, 3.8) is 0 Å². The van der Waals surface area contributed by atoms with E-state index in [1.807, 2.05) is 0 Å². The van der Waals surface area contributed by atoms with Crippen molar-refractivity contribution in [2.75, 3.05) is 0 Å². The van der Waals surface area contributed by atoms with E-state index in [2.05, 4.69) is 217 Å². The highest BCUT2D eigenvalue weighted by molar-refractivity contribution is 6.26. The number of nitrogens with zero attached hydrogens (tertiary/aromatic N) is 1. The van der Waals surface area contributed by atoms with Crippen molar-refractivity contribution in [1.82, 2.24) is 4.57 Å². The van der Waals surface area contributed by atoms with Crippen LogP contribution in [0, 0.1) is 0 Å². The van der Waals surface area contributed by atoms with E-state index < -0.39 is 0 Å². The lowest BCUT2D eigenvalue weighted by atomic mass is 9.70. The zero-order chi connectivity index (χ0) is 41.7. The fourth-order valence-electron chi connectivity index (χ4n) is 12.3. The van der Waals surface area contributed by atoms with Crippen LogP contribution in [-0.2, 0) is 11.8 Å². The van der Waals surface area contributed by atoms with E-state index in [0.717, 1.165) is 45.1 Å². The van der Waals surface area contributed by atoms with Crippen LogP contribution in [0.2, 0.25) is 0 Å².